The number of hydrogen-bond donors (Lipinski definition) is 1. The summed E-state index contributed by atoms with van der Waals surface area (Å²) in [4.78, 5) is 31.5. The third-order valence-electron chi connectivity index (χ3n) is 8.82. The van der Waals surface area contributed by atoms with E-state index in [-0.39, 0.29) is 29.8 Å². The Morgan fingerprint density at radius 1 is 0.880 bits per heavy atom. The summed E-state index contributed by atoms with van der Waals surface area (Å²) in [5, 5.41) is 3.21. The second-order valence-corrected chi connectivity index (χ2v) is 14.9. The number of carbonyl (C=O) groups excluding carboxylic acids is 2. The highest BCUT2D eigenvalue weighted by molar-refractivity contribution is 7.98. The van der Waals surface area contributed by atoms with E-state index in [1.807, 2.05) is 67.8 Å². The standard InChI is InChI=1S/C39H45N3O6S2/c1-4-48-33-19-17-32(18-20-33)42(50(45,46)36-23-21-35(49-3)22-24-36)28-38(43)41(27-30-13-10-16-34(25-30)47-2)37(26-29-11-6-5-7-12-29)39(44)40-31-14-8-9-15-31/h5-7,10-13,16-25,31,37H,4,8-9,14-15,26-28H2,1-3H3,(H,40,44). The number of rotatable bonds is 16. The maximum Gasteiger partial charge on any atom is 0.264 e. The molecule has 0 spiro atoms. The number of amides is 2. The molecule has 1 saturated carbocycles. The van der Waals surface area contributed by atoms with Crippen molar-refractivity contribution in [1.82, 2.24) is 10.2 Å². The zero-order valence-electron chi connectivity index (χ0n) is 28.8. The summed E-state index contributed by atoms with van der Waals surface area (Å²) < 4.78 is 41.0. The van der Waals surface area contributed by atoms with E-state index in [1.165, 1.54) is 16.7 Å². The minimum atomic E-state index is -4.22. The van der Waals surface area contributed by atoms with Crippen LogP contribution in [0.2, 0.25) is 0 Å². The van der Waals surface area contributed by atoms with E-state index >= 15 is 0 Å². The number of benzene rings is 4. The molecule has 4 aromatic rings. The van der Waals surface area contributed by atoms with Crippen LogP contribution < -0.4 is 19.1 Å². The largest absolute Gasteiger partial charge is 0.497 e. The number of ether oxygens (including phenoxy) is 2. The lowest BCUT2D eigenvalue weighted by atomic mass is 10.0. The topological polar surface area (TPSA) is 105 Å². The van der Waals surface area contributed by atoms with E-state index in [1.54, 1.807) is 55.6 Å². The zero-order chi connectivity index (χ0) is 35.5. The second kappa shape index (κ2) is 17.4. The normalized spacial score (nSPS) is 13.7. The van der Waals surface area contributed by atoms with Gasteiger partial charge in [-0.25, -0.2) is 8.42 Å². The minimum Gasteiger partial charge on any atom is -0.497 e. The molecule has 0 radical (unpaired) electrons. The number of methoxy groups -OCH3 is 1. The molecule has 4 aromatic carbocycles. The first-order valence-electron chi connectivity index (χ1n) is 16.9. The van der Waals surface area contributed by atoms with E-state index < -0.39 is 28.5 Å². The van der Waals surface area contributed by atoms with Crippen LogP contribution >= 0.6 is 11.8 Å². The first-order valence-corrected chi connectivity index (χ1v) is 19.5. The van der Waals surface area contributed by atoms with Gasteiger partial charge in [0.25, 0.3) is 10.0 Å². The number of nitrogens with zero attached hydrogens (tertiary/aromatic N) is 2. The molecular weight excluding hydrogens is 671 g/mol. The highest BCUT2D eigenvalue weighted by Gasteiger charge is 2.35. The van der Waals surface area contributed by atoms with Crippen LogP contribution in [-0.4, -0.2) is 63.7 Å². The van der Waals surface area contributed by atoms with Gasteiger partial charge in [0.15, 0.2) is 0 Å². The molecule has 1 N–H and O–H groups in total. The van der Waals surface area contributed by atoms with Crippen molar-refractivity contribution < 1.29 is 27.5 Å². The zero-order valence-corrected chi connectivity index (χ0v) is 30.4. The number of thioether (sulfide) groups is 1. The van der Waals surface area contributed by atoms with Crippen LogP contribution in [0.15, 0.2) is 113 Å². The number of anilines is 1. The molecule has 50 heavy (non-hydrogen) atoms. The summed E-state index contributed by atoms with van der Waals surface area (Å²) in [7, 11) is -2.65. The summed E-state index contributed by atoms with van der Waals surface area (Å²) in [6.07, 6.45) is 6.00. The summed E-state index contributed by atoms with van der Waals surface area (Å²) >= 11 is 1.50. The molecule has 1 aliphatic rings. The van der Waals surface area contributed by atoms with Gasteiger partial charge in [-0.2, -0.15) is 0 Å². The number of sulfonamides is 1. The van der Waals surface area contributed by atoms with Gasteiger partial charge in [-0.15, -0.1) is 11.8 Å². The van der Waals surface area contributed by atoms with E-state index in [0.717, 1.165) is 46.0 Å². The van der Waals surface area contributed by atoms with Gasteiger partial charge in [0.2, 0.25) is 11.8 Å². The fourth-order valence-electron chi connectivity index (χ4n) is 6.17. The molecule has 5 rings (SSSR count). The Morgan fingerprint density at radius 2 is 1.56 bits per heavy atom. The summed E-state index contributed by atoms with van der Waals surface area (Å²) in [6.45, 7) is 1.84. The van der Waals surface area contributed by atoms with Crippen molar-refractivity contribution in [3.63, 3.8) is 0 Å². The van der Waals surface area contributed by atoms with Crippen LogP contribution in [0.1, 0.15) is 43.7 Å². The number of carbonyl (C=O) groups is 2. The third-order valence-corrected chi connectivity index (χ3v) is 11.4. The molecule has 0 heterocycles. The number of nitrogens with one attached hydrogen (secondary N) is 1. The Hall–Kier alpha value is -4.48. The Labute approximate surface area is 300 Å². The van der Waals surface area contributed by atoms with Crippen LogP contribution in [0, 0.1) is 0 Å². The molecule has 1 fully saturated rings. The first kappa shape index (κ1) is 36.8. The Bertz CT molecular complexity index is 1810. The molecule has 264 valence electrons. The van der Waals surface area contributed by atoms with Crippen molar-refractivity contribution in [2.24, 2.45) is 0 Å². The van der Waals surface area contributed by atoms with Crippen molar-refractivity contribution in [2.75, 3.05) is 30.8 Å². The van der Waals surface area contributed by atoms with Crippen molar-refractivity contribution in [2.45, 2.75) is 67.4 Å². The van der Waals surface area contributed by atoms with Crippen LogP contribution in [0.4, 0.5) is 5.69 Å². The van der Waals surface area contributed by atoms with E-state index in [4.69, 9.17) is 9.47 Å². The van der Waals surface area contributed by atoms with Gasteiger partial charge in [0.1, 0.15) is 24.1 Å². The van der Waals surface area contributed by atoms with Crippen LogP contribution in [0.5, 0.6) is 11.5 Å². The molecule has 9 nitrogen and oxygen atoms in total. The molecule has 11 heteroatoms. The lowest BCUT2D eigenvalue weighted by Gasteiger charge is -2.34. The molecule has 0 aromatic heterocycles. The molecule has 0 bridgehead atoms. The highest BCUT2D eigenvalue weighted by Crippen LogP contribution is 2.29. The van der Waals surface area contributed by atoms with Gasteiger partial charge in [-0.1, -0.05) is 55.3 Å². The summed E-state index contributed by atoms with van der Waals surface area (Å²) in [5.74, 6) is 0.404. The molecular formula is C39H45N3O6S2. The van der Waals surface area contributed by atoms with Gasteiger partial charge in [0.05, 0.1) is 24.3 Å². The molecule has 1 unspecified atom stereocenters. The maximum absolute atomic E-state index is 14.8. The monoisotopic (exact) mass is 715 g/mol. The first-order chi connectivity index (χ1) is 24.2. The van der Waals surface area contributed by atoms with E-state index in [2.05, 4.69) is 5.32 Å². The van der Waals surface area contributed by atoms with Crippen LogP contribution in [0.3, 0.4) is 0 Å². The molecule has 2 amide bonds. The molecule has 1 atom stereocenters. The Morgan fingerprint density at radius 3 is 2.20 bits per heavy atom. The Balaban J connectivity index is 1.57. The summed E-state index contributed by atoms with van der Waals surface area (Å²) in [6, 6.07) is 29.2. The molecule has 0 saturated heterocycles. The maximum atomic E-state index is 14.8. The van der Waals surface area contributed by atoms with Gasteiger partial charge in [-0.3, -0.25) is 13.9 Å². The van der Waals surface area contributed by atoms with Crippen LogP contribution in [-0.2, 0) is 32.6 Å². The average molecular weight is 716 g/mol. The average Bonchev–Trinajstić information content (AvgIpc) is 3.66. The van der Waals surface area contributed by atoms with E-state index in [0.29, 0.717) is 23.8 Å². The van der Waals surface area contributed by atoms with Crippen molar-refractivity contribution >= 4 is 39.3 Å². The SMILES string of the molecule is CCOc1ccc(N(CC(=O)N(Cc2cccc(OC)c2)C(Cc2ccccc2)C(=O)NC2CCCC2)S(=O)(=O)c2ccc(SC)cc2)cc1. The fraction of sp³-hybridized carbons (Fsp3) is 0.333. The minimum absolute atomic E-state index is 0.0273. The van der Waals surface area contributed by atoms with Gasteiger partial charge in [-0.05, 0) is 97.8 Å². The fourth-order valence-corrected chi connectivity index (χ4v) is 7.99. The lowest BCUT2D eigenvalue weighted by Crippen LogP contribution is -2.54. The second-order valence-electron chi connectivity index (χ2n) is 12.2. The number of hydrogen-bond acceptors (Lipinski definition) is 7. The highest BCUT2D eigenvalue weighted by atomic mass is 32.2. The van der Waals surface area contributed by atoms with Crippen LogP contribution in [0.25, 0.3) is 0 Å². The van der Waals surface area contributed by atoms with Gasteiger partial charge in [0, 0.05) is 23.9 Å². The van der Waals surface area contributed by atoms with Gasteiger partial charge >= 0.3 is 0 Å². The van der Waals surface area contributed by atoms with Crippen molar-refractivity contribution in [3.8, 4) is 11.5 Å². The predicted octanol–water partition coefficient (Wildman–Crippen LogP) is 6.71. The van der Waals surface area contributed by atoms with Crippen molar-refractivity contribution in [3.05, 3.63) is 114 Å². The van der Waals surface area contributed by atoms with Crippen molar-refractivity contribution in [1.29, 1.82) is 0 Å². The quantitative estimate of drug-likeness (QED) is 0.129. The van der Waals surface area contributed by atoms with Gasteiger partial charge < -0.3 is 19.7 Å². The summed E-state index contributed by atoms with van der Waals surface area (Å²) in [5.41, 5.74) is 1.92. The van der Waals surface area contributed by atoms with E-state index in [9.17, 15) is 18.0 Å². The molecule has 1 aliphatic carbocycles. The predicted molar refractivity (Wildman–Crippen MR) is 198 cm³/mol. The lowest BCUT2D eigenvalue weighted by molar-refractivity contribution is -0.140. The molecule has 0 aliphatic heterocycles. The smallest absolute Gasteiger partial charge is 0.264 e. The Kier molecular flexibility index (Phi) is 12.8. The third kappa shape index (κ3) is 9.39.